The van der Waals surface area contributed by atoms with E-state index in [1.54, 1.807) is 12.1 Å². The smallest absolute Gasteiger partial charge is 0.207 e. The van der Waals surface area contributed by atoms with E-state index < -0.39 is 11.7 Å². The third-order valence-electron chi connectivity index (χ3n) is 4.10. The van der Waals surface area contributed by atoms with Crippen LogP contribution in [0.3, 0.4) is 0 Å². The predicted molar refractivity (Wildman–Crippen MR) is 104 cm³/mol. The number of alkyl halides is 3. The van der Waals surface area contributed by atoms with Crippen molar-refractivity contribution in [3.05, 3.63) is 102 Å². The van der Waals surface area contributed by atoms with Crippen molar-refractivity contribution in [3.63, 3.8) is 0 Å². The number of benzene rings is 3. The van der Waals surface area contributed by atoms with Gasteiger partial charge in [0.05, 0.1) is 5.56 Å². The average molecular weight is 380 g/mol. The quantitative estimate of drug-likeness (QED) is 0.335. The van der Waals surface area contributed by atoms with Crippen LogP contribution in [0.25, 0.3) is 17.0 Å². The summed E-state index contributed by atoms with van der Waals surface area (Å²) in [4.78, 5) is 0. The van der Waals surface area contributed by atoms with Crippen molar-refractivity contribution in [3.8, 4) is 23.0 Å². The first-order valence-electron chi connectivity index (χ1n) is 8.61. The van der Waals surface area contributed by atoms with Crippen LogP contribution in [-0.4, -0.2) is 0 Å². The first-order chi connectivity index (χ1) is 13.4. The fraction of sp³-hybridized carbons (Fsp3) is 0.0833. The molecule has 0 saturated heterocycles. The summed E-state index contributed by atoms with van der Waals surface area (Å²) in [5, 5.41) is 0. The van der Waals surface area contributed by atoms with Gasteiger partial charge in [0.1, 0.15) is 5.83 Å². The molecule has 4 heteroatoms. The minimum atomic E-state index is -4.37. The van der Waals surface area contributed by atoms with Crippen molar-refractivity contribution in [1.82, 2.24) is 0 Å². The van der Waals surface area contributed by atoms with E-state index in [0.29, 0.717) is 11.1 Å². The second-order valence-electron chi connectivity index (χ2n) is 6.08. The maximum absolute atomic E-state index is 14.2. The van der Waals surface area contributed by atoms with Crippen molar-refractivity contribution in [2.45, 2.75) is 12.6 Å². The topological polar surface area (TPSA) is 0 Å². The summed E-state index contributed by atoms with van der Waals surface area (Å²) in [6.07, 6.45) is -2.85. The maximum Gasteiger partial charge on any atom is 0.416 e. The molecule has 0 amide bonds. The molecule has 0 aromatic heterocycles. The van der Waals surface area contributed by atoms with Crippen molar-refractivity contribution < 1.29 is 17.6 Å². The Morgan fingerprint density at radius 3 is 2.00 bits per heavy atom. The van der Waals surface area contributed by atoms with E-state index in [2.05, 4.69) is 11.8 Å². The molecule has 0 saturated carbocycles. The second-order valence-corrected chi connectivity index (χ2v) is 6.08. The number of halogens is 4. The Balaban J connectivity index is 1.63. The lowest BCUT2D eigenvalue weighted by molar-refractivity contribution is -0.137. The van der Waals surface area contributed by atoms with Gasteiger partial charge >= 0.3 is 6.18 Å². The van der Waals surface area contributed by atoms with Gasteiger partial charge in [-0.05, 0) is 41.5 Å². The summed E-state index contributed by atoms with van der Waals surface area (Å²) < 4.78 is 51.8. The van der Waals surface area contributed by atoms with Crippen LogP contribution in [0, 0.1) is 11.8 Å². The minimum absolute atomic E-state index is 0.160. The lowest BCUT2D eigenvalue weighted by atomic mass is 10.0. The number of rotatable bonds is 3. The normalized spacial score (nSPS) is 11.6. The average Bonchev–Trinajstić information content (AvgIpc) is 2.71. The van der Waals surface area contributed by atoms with Crippen molar-refractivity contribution in [2.75, 3.05) is 0 Å². The largest absolute Gasteiger partial charge is 0.416 e. The zero-order valence-corrected chi connectivity index (χ0v) is 14.8. The third-order valence-corrected chi connectivity index (χ3v) is 4.10. The fourth-order valence-electron chi connectivity index (χ4n) is 2.61. The Bertz CT molecular complexity index is 1000. The molecule has 140 valence electrons. The van der Waals surface area contributed by atoms with Gasteiger partial charge in [0.25, 0.3) is 0 Å². The van der Waals surface area contributed by atoms with Crippen LogP contribution in [0.5, 0.6) is 0 Å². The van der Waals surface area contributed by atoms with Gasteiger partial charge in [0.2, 0.25) is 0 Å². The van der Waals surface area contributed by atoms with E-state index in [-0.39, 0.29) is 12.2 Å². The van der Waals surface area contributed by atoms with Gasteiger partial charge in [-0.1, -0.05) is 66.4 Å². The van der Waals surface area contributed by atoms with Crippen molar-refractivity contribution >= 4 is 5.83 Å². The summed E-state index contributed by atoms with van der Waals surface area (Å²) >= 11 is 0. The molecule has 0 spiro atoms. The molecular weight excluding hydrogens is 364 g/mol. The van der Waals surface area contributed by atoms with Gasteiger partial charge in [0.15, 0.2) is 0 Å². The number of hydrogen-bond donors (Lipinski definition) is 0. The molecule has 0 fully saturated rings. The maximum atomic E-state index is 14.2. The molecule has 0 N–H and O–H groups in total. The molecule has 28 heavy (non-hydrogen) atoms. The molecule has 3 rings (SSSR count). The first-order valence-corrected chi connectivity index (χ1v) is 8.61. The Morgan fingerprint density at radius 2 is 1.39 bits per heavy atom. The standard InChI is InChI=1S/C24H16F4/c25-23(21-14-12-20(13-15-21)19-7-2-1-3-8-19)9-5-4-6-18-10-16-22(17-11-18)24(26,27)28/h1-3,7-17H,5H2. The lowest BCUT2D eigenvalue weighted by Gasteiger charge is -2.05. The highest BCUT2D eigenvalue weighted by atomic mass is 19.4. The van der Waals surface area contributed by atoms with Crippen molar-refractivity contribution in [2.24, 2.45) is 0 Å². The van der Waals surface area contributed by atoms with E-state index in [1.165, 1.54) is 18.2 Å². The Kier molecular flexibility index (Phi) is 5.96. The predicted octanol–water partition coefficient (Wildman–Crippen LogP) is 7.12. The summed E-state index contributed by atoms with van der Waals surface area (Å²) in [5.41, 5.74) is 2.24. The summed E-state index contributed by atoms with van der Waals surface area (Å²) in [6.45, 7) is 0. The summed E-state index contributed by atoms with van der Waals surface area (Å²) in [7, 11) is 0. The molecule has 3 aromatic rings. The highest BCUT2D eigenvalue weighted by Crippen LogP contribution is 2.29. The molecule has 0 aliphatic carbocycles. The van der Waals surface area contributed by atoms with Crippen LogP contribution in [0.4, 0.5) is 17.6 Å². The molecule has 3 aromatic carbocycles. The van der Waals surface area contributed by atoms with Crippen molar-refractivity contribution in [1.29, 1.82) is 0 Å². The van der Waals surface area contributed by atoms with Crippen LogP contribution in [0.1, 0.15) is 23.1 Å². The number of allylic oxidation sites excluding steroid dienone is 1. The van der Waals surface area contributed by atoms with Gasteiger partial charge in [0, 0.05) is 17.5 Å². The summed E-state index contributed by atoms with van der Waals surface area (Å²) in [6, 6.07) is 21.5. The van der Waals surface area contributed by atoms with Gasteiger partial charge in [-0.15, -0.1) is 0 Å². The molecule has 0 aliphatic heterocycles. The van der Waals surface area contributed by atoms with E-state index in [9.17, 15) is 17.6 Å². The van der Waals surface area contributed by atoms with E-state index >= 15 is 0 Å². The van der Waals surface area contributed by atoms with E-state index in [4.69, 9.17) is 0 Å². The van der Waals surface area contributed by atoms with E-state index in [0.717, 1.165) is 23.3 Å². The van der Waals surface area contributed by atoms with Crippen LogP contribution in [0.2, 0.25) is 0 Å². The zero-order valence-electron chi connectivity index (χ0n) is 14.8. The second kappa shape index (κ2) is 8.58. The summed E-state index contributed by atoms with van der Waals surface area (Å²) in [5.74, 6) is 5.09. The highest BCUT2D eigenvalue weighted by molar-refractivity contribution is 5.67. The Morgan fingerprint density at radius 1 is 0.786 bits per heavy atom. The lowest BCUT2D eigenvalue weighted by Crippen LogP contribution is -2.04. The zero-order chi connectivity index (χ0) is 20.0. The minimum Gasteiger partial charge on any atom is -0.207 e. The van der Waals surface area contributed by atoms with Gasteiger partial charge in [-0.25, -0.2) is 4.39 Å². The molecular formula is C24H16F4. The highest BCUT2D eigenvalue weighted by Gasteiger charge is 2.29. The molecule has 0 aliphatic rings. The molecule has 0 bridgehead atoms. The molecule has 0 radical (unpaired) electrons. The first kappa shape index (κ1) is 19.4. The molecule has 0 nitrogen and oxygen atoms in total. The van der Waals surface area contributed by atoms with Crippen LogP contribution < -0.4 is 0 Å². The van der Waals surface area contributed by atoms with Crippen LogP contribution >= 0.6 is 0 Å². The van der Waals surface area contributed by atoms with Gasteiger partial charge in [-0.2, -0.15) is 13.2 Å². The van der Waals surface area contributed by atoms with Crippen LogP contribution in [-0.2, 0) is 6.18 Å². The Hall–Kier alpha value is -3.32. The molecule has 0 atom stereocenters. The Labute approximate surface area is 161 Å². The van der Waals surface area contributed by atoms with Crippen LogP contribution in [0.15, 0.2) is 84.9 Å². The SMILES string of the molecule is FC(=CCC#Cc1ccc(C(F)(F)F)cc1)c1ccc(-c2ccccc2)cc1. The fourth-order valence-corrected chi connectivity index (χ4v) is 2.61. The molecule has 0 unspecified atom stereocenters. The third kappa shape index (κ3) is 5.11. The number of hydrogen-bond acceptors (Lipinski definition) is 0. The molecule has 0 heterocycles. The van der Waals surface area contributed by atoms with Gasteiger partial charge < -0.3 is 0 Å². The monoisotopic (exact) mass is 380 g/mol. The van der Waals surface area contributed by atoms with Gasteiger partial charge in [-0.3, -0.25) is 0 Å². The van der Waals surface area contributed by atoms with E-state index in [1.807, 2.05) is 42.5 Å².